The smallest absolute Gasteiger partial charge is 0.349 e. The molecule has 13 nitrogen and oxygen atoms in total. The number of hydrogen-bond acceptors (Lipinski definition) is 10. The Kier molecular flexibility index (Phi) is 12.2. The van der Waals surface area contributed by atoms with E-state index in [0.717, 1.165) is 11.1 Å². The first-order valence-electron chi connectivity index (χ1n) is 11.1. The number of benzene rings is 2. The summed E-state index contributed by atoms with van der Waals surface area (Å²) in [5, 5.41) is 47.2. The molecule has 0 saturated carbocycles. The first-order chi connectivity index (χ1) is 17.4. The van der Waals surface area contributed by atoms with Crippen LogP contribution in [0.25, 0.3) is 22.6 Å². The summed E-state index contributed by atoms with van der Waals surface area (Å²) in [5.74, 6) is -0.982. The van der Waals surface area contributed by atoms with Crippen molar-refractivity contribution in [1.29, 1.82) is 0 Å². The molecule has 2 aromatic carbocycles. The summed E-state index contributed by atoms with van der Waals surface area (Å²) in [6, 6.07) is 9.59. The van der Waals surface area contributed by atoms with E-state index in [1.54, 1.807) is 24.3 Å². The van der Waals surface area contributed by atoms with E-state index in [4.69, 9.17) is 15.9 Å². The van der Waals surface area contributed by atoms with E-state index in [0.29, 0.717) is 16.7 Å². The summed E-state index contributed by atoms with van der Waals surface area (Å²) < 4.78 is 1.40. The van der Waals surface area contributed by atoms with E-state index < -0.39 is 42.1 Å². The van der Waals surface area contributed by atoms with Gasteiger partial charge in [0.15, 0.2) is 11.5 Å². The van der Waals surface area contributed by atoms with Crippen LogP contribution in [-0.4, -0.2) is 75.9 Å². The zero-order valence-corrected chi connectivity index (χ0v) is 22.7. The Labute approximate surface area is 238 Å². The summed E-state index contributed by atoms with van der Waals surface area (Å²) >= 11 is 0. The monoisotopic (exact) mass is 605 g/mol. The Morgan fingerprint density at radius 2 is 1.62 bits per heavy atom. The minimum absolute atomic E-state index is 0. The number of carboxylic acid groups (broad SMARTS) is 1. The molecule has 212 valence electrons. The van der Waals surface area contributed by atoms with Crippen LogP contribution in [0.15, 0.2) is 46.0 Å². The standard InChI is InChI=1S/C17H20N4O6.C7H7NO2.ClH.Fe/c1-7-3-9-10(4-8(7)2)21(5-11(23)14(25)12(24)6-22)15-13(18-9)16(26)20-17(27)19-15;8-6-3-1-5(2-4-6)7(9)10;;/h3-4,11-12,14,22-25H,5-6H2,1-2H3,(H,20,26,27);1-4H,8H2,(H,9,10);1H;/t11-,12+,14-;;;/m0.../s1. The summed E-state index contributed by atoms with van der Waals surface area (Å²) in [6.07, 6.45) is -4.68. The molecule has 0 bridgehead atoms. The number of aromatic nitrogens is 4. The number of nitrogens with two attached hydrogens (primary N) is 1. The van der Waals surface area contributed by atoms with Crippen molar-refractivity contribution in [3.8, 4) is 11.5 Å². The van der Waals surface area contributed by atoms with Crippen LogP contribution in [0, 0.1) is 13.8 Å². The first kappa shape index (κ1) is 33.7. The van der Waals surface area contributed by atoms with E-state index in [1.807, 2.05) is 13.8 Å². The van der Waals surface area contributed by atoms with Crippen molar-refractivity contribution >= 4 is 35.1 Å². The number of nitrogens with zero attached hydrogens (tertiary/aromatic N) is 3. The Morgan fingerprint density at radius 3 is 2.18 bits per heavy atom. The number of aromatic carboxylic acids is 1. The summed E-state index contributed by atoms with van der Waals surface area (Å²) in [7, 11) is 0. The molecule has 0 unspecified atom stereocenters. The second kappa shape index (κ2) is 14.1. The number of fused-ring (bicyclic) bond motifs is 2. The van der Waals surface area contributed by atoms with Crippen LogP contribution in [0.4, 0.5) is 5.69 Å². The molecule has 0 saturated heterocycles. The maximum atomic E-state index is 12.2. The first-order valence-corrected chi connectivity index (χ1v) is 11.1. The van der Waals surface area contributed by atoms with Gasteiger partial charge in [-0.2, -0.15) is 4.98 Å². The Bertz CT molecular complexity index is 1510. The number of carbonyl (C=O) groups is 1. The number of aryl methyl sites for hydroxylation is 2. The number of carboxylic acids is 1. The van der Waals surface area contributed by atoms with Gasteiger partial charge in [0.1, 0.15) is 18.3 Å². The Hall–Kier alpha value is -3.36. The SMILES string of the molecule is Cc1cc2nc3c(=O)[nH]c(=O)nc-3n(C[C@H](O)[C@H](O)[C@H](O)CO)c2cc1C.Cl.Nc1ccc(C(=O)O)cc1.[Fe]. The summed E-state index contributed by atoms with van der Waals surface area (Å²) in [4.78, 5) is 44.3. The van der Waals surface area contributed by atoms with E-state index in [2.05, 4.69) is 15.0 Å². The number of halogens is 1. The van der Waals surface area contributed by atoms with Crippen LogP contribution in [-0.2, 0) is 23.6 Å². The summed E-state index contributed by atoms with van der Waals surface area (Å²) in [6.45, 7) is 2.73. The number of aromatic amines is 1. The second-order valence-corrected chi connectivity index (χ2v) is 8.43. The van der Waals surface area contributed by atoms with Crippen molar-refractivity contribution in [1.82, 2.24) is 19.5 Å². The fourth-order valence-corrected chi connectivity index (χ4v) is 3.52. The summed E-state index contributed by atoms with van der Waals surface area (Å²) in [5.41, 5.74) is 7.28. The molecule has 2 heterocycles. The van der Waals surface area contributed by atoms with Crippen molar-refractivity contribution in [2.75, 3.05) is 12.3 Å². The van der Waals surface area contributed by atoms with Gasteiger partial charge >= 0.3 is 11.7 Å². The van der Waals surface area contributed by atoms with E-state index in [1.165, 1.54) is 16.7 Å². The predicted octanol–water partition coefficient (Wildman–Crippen LogP) is -0.337. The van der Waals surface area contributed by atoms with Crippen LogP contribution in [0.2, 0.25) is 0 Å². The molecule has 0 aromatic heterocycles. The fraction of sp³-hybridized carbons (Fsp3) is 0.292. The topological polar surface area (TPSA) is 225 Å². The number of H-pyrrole nitrogens is 1. The van der Waals surface area contributed by atoms with Gasteiger partial charge in [-0.15, -0.1) is 12.4 Å². The normalized spacial score (nSPS) is 12.9. The quantitative estimate of drug-likeness (QED) is 0.0855. The van der Waals surface area contributed by atoms with Crippen LogP contribution in [0.1, 0.15) is 21.5 Å². The maximum Gasteiger partial charge on any atom is 0.349 e. The van der Waals surface area contributed by atoms with Crippen molar-refractivity contribution in [3.05, 3.63) is 73.9 Å². The van der Waals surface area contributed by atoms with Crippen molar-refractivity contribution in [3.63, 3.8) is 0 Å². The number of nitrogens with one attached hydrogen (secondary N) is 1. The number of anilines is 1. The maximum absolute atomic E-state index is 12.2. The van der Waals surface area contributed by atoms with E-state index in [-0.39, 0.29) is 53.1 Å². The third kappa shape index (κ3) is 7.83. The number of aliphatic hydroxyl groups is 4. The van der Waals surface area contributed by atoms with Gasteiger partial charge in [0, 0.05) is 22.8 Å². The minimum atomic E-state index is -1.64. The third-order valence-electron chi connectivity index (χ3n) is 5.73. The predicted molar refractivity (Wildman–Crippen MR) is 141 cm³/mol. The molecule has 3 atom stereocenters. The average Bonchev–Trinajstić information content (AvgIpc) is 2.85. The van der Waals surface area contributed by atoms with Crippen molar-refractivity contribution < 1.29 is 47.4 Å². The Morgan fingerprint density at radius 1 is 1.03 bits per heavy atom. The molecular formula is C24H28ClFeN5O8. The van der Waals surface area contributed by atoms with E-state index >= 15 is 0 Å². The molecule has 0 amide bonds. The van der Waals surface area contributed by atoms with Crippen LogP contribution in [0.5, 0.6) is 0 Å². The molecule has 0 fully saturated rings. The van der Waals surface area contributed by atoms with Gasteiger partial charge in [0.2, 0.25) is 0 Å². The molecule has 2 aromatic rings. The fourth-order valence-electron chi connectivity index (χ4n) is 3.52. The average molecular weight is 606 g/mol. The van der Waals surface area contributed by atoms with Crippen LogP contribution >= 0.6 is 12.4 Å². The van der Waals surface area contributed by atoms with Gasteiger partial charge in [-0.3, -0.25) is 9.78 Å². The molecule has 2 aliphatic rings. The van der Waals surface area contributed by atoms with Crippen LogP contribution < -0.4 is 17.0 Å². The molecule has 15 heteroatoms. The molecule has 39 heavy (non-hydrogen) atoms. The molecule has 8 N–H and O–H groups in total. The van der Waals surface area contributed by atoms with Gasteiger partial charge in [-0.25, -0.2) is 14.6 Å². The zero-order chi connectivity index (χ0) is 27.4. The second-order valence-electron chi connectivity index (χ2n) is 8.43. The van der Waals surface area contributed by atoms with E-state index in [9.17, 15) is 29.7 Å². The minimum Gasteiger partial charge on any atom is -0.478 e. The van der Waals surface area contributed by atoms with Gasteiger partial charge in [-0.05, 0) is 61.4 Å². The van der Waals surface area contributed by atoms with Gasteiger partial charge < -0.3 is 35.8 Å². The number of aliphatic hydroxyl groups excluding tert-OH is 4. The zero-order valence-electron chi connectivity index (χ0n) is 20.8. The molecule has 0 aliphatic carbocycles. The molecule has 2 aliphatic heterocycles. The van der Waals surface area contributed by atoms with Gasteiger partial charge in [0.25, 0.3) is 5.56 Å². The largest absolute Gasteiger partial charge is 0.478 e. The Balaban J connectivity index is 0.000000538. The van der Waals surface area contributed by atoms with Gasteiger partial charge in [0.05, 0.1) is 29.7 Å². The molecular weight excluding hydrogens is 578 g/mol. The molecule has 4 rings (SSSR count). The van der Waals surface area contributed by atoms with Crippen molar-refractivity contribution in [2.45, 2.75) is 38.7 Å². The number of rotatable bonds is 6. The van der Waals surface area contributed by atoms with Gasteiger partial charge in [-0.1, -0.05) is 0 Å². The third-order valence-corrected chi connectivity index (χ3v) is 5.73. The van der Waals surface area contributed by atoms with Crippen LogP contribution in [0.3, 0.4) is 0 Å². The molecule has 0 spiro atoms. The van der Waals surface area contributed by atoms with Crippen molar-refractivity contribution in [2.24, 2.45) is 0 Å². The number of nitrogen functional groups attached to an aromatic ring is 1. The molecule has 0 radical (unpaired) electrons. The number of hydrogen-bond donors (Lipinski definition) is 7.